The average Bonchev–Trinajstić information content (AvgIpc) is 2.55. The van der Waals surface area contributed by atoms with Crippen LogP contribution in [0.25, 0.3) is 0 Å². The van der Waals surface area contributed by atoms with E-state index in [0.29, 0.717) is 32.3 Å². The molecule has 0 amide bonds. The molecule has 0 radical (unpaired) electrons. The standard InChI is InChI=1S/C16H26O7S/c1-3-14(2)15-4-6-16(7-5-15)22-12-10-20-8-9-21-11-13-23-24(17,18)19/h4-7,14H,3,8-13H2,1-2H3,(H,17,18,19). The van der Waals surface area contributed by atoms with Gasteiger partial charge in [-0.1, -0.05) is 26.0 Å². The molecule has 8 heteroatoms. The van der Waals surface area contributed by atoms with Crippen molar-refractivity contribution in [3.05, 3.63) is 29.8 Å². The van der Waals surface area contributed by atoms with Crippen LogP contribution in [0.1, 0.15) is 31.7 Å². The summed E-state index contributed by atoms with van der Waals surface area (Å²) in [5, 5.41) is 0. The third-order valence-electron chi connectivity index (χ3n) is 3.39. The van der Waals surface area contributed by atoms with E-state index in [0.717, 1.165) is 12.2 Å². The molecule has 0 saturated carbocycles. The van der Waals surface area contributed by atoms with Gasteiger partial charge in [-0.2, -0.15) is 8.42 Å². The summed E-state index contributed by atoms with van der Waals surface area (Å²) < 4.78 is 48.9. The minimum Gasteiger partial charge on any atom is -0.491 e. The van der Waals surface area contributed by atoms with Gasteiger partial charge in [-0.15, -0.1) is 0 Å². The summed E-state index contributed by atoms with van der Waals surface area (Å²) in [7, 11) is -4.39. The lowest BCUT2D eigenvalue weighted by Crippen LogP contribution is -2.14. The van der Waals surface area contributed by atoms with Crippen LogP contribution in [-0.2, 0) is 24.1 Å². The lowest BCUT2D eigenvalue weighted by Gasteiger charge is -2.11. The lowest BCUT2D eigenvalue weighted by atomic mass is 9.99. The Kier molecular flexibility index (Phi) is 9.89. The van der Waals surface area contributed by atoms with Gasteiger partial charge in [-0.05, 0) is 30.0 Å². The zero-order chi connectivity index (χ0) is 17.8. The second kappa shape index (κ2) is 11.4. The topological polar surface area (TPSA) is 91.3 Å². The first-order chi connectivity index (χ1) is 11.4. The van der Waals surface area contributed by atoms with Crippen LogP contribution in [0.2, 0.25) is 0 Å². The van der Waals surface area contributed by atoms with Crippen molar-refractivity contribution in [1.82, 2.24) is 0 Å². The van der Waals surface area contributed by atoms with E-state index in [9.17, 15) is 8.42 Å². The van der Waals surface area contributed by atoms with Gasteiger partial charge in [0.15, 0.2) is 0 Å². The molecule has 0 aliphatic rings. The lowest BCUT2D eigenvalue weighted by molar-refractivity contribution is 0.0269. The molecule has 1 rings (SSSR count). The first kappa shape index (κ1) is 20.9. The molecule has 0 heterocycles. The number of hydrogen-bond donors (Lipinski definition) is 1. The van der Waals surface area contributed by atoms with E-state index in [-0.39, 0.29) is 13.2 Å². The monoisotopic (exact) mass is 362 g/mol. The predicted octanol–water partition coefficient (Wildman–Crippen LogP) is 2.43. The van der Waals surface area contributed by atoms with E-state index >= 15 is 0 Å². The summed E-state index contributed by atoms with van der Waals surface area (Å²) in [6.45, 7) is 5.72. The first-order valence-corrected chi connectivity index (χ1v) is 9.29. The Bertz CT molecular complexity index is 542. The molecule has 1 aromatic rings. The van der Waals surface area contributed by atoms with E-state index in [2.05, 4.69) is 30.2 Å². The molecule has 0 saturated heterocycles. The normalized spacial score (nSPS) is 13.0. The van der Waals surface area contributed by atoms with Crippen molar-refractivity contribution in [3.8, 4) is 5.75 Å². The van der Waals surface area contributed by atoms with Gasteiger partial charge in [0.05, 0.1) is 33.0 Å². The largest absolute Gasteiger partial charge is 0.491 e. The second-order valence-corrected chi connectivity index (χ2v) is 6.29. The molecule has 1 atom stereocenters. The van der Waals surface area contributed by atoms with Crippen molar-refractivity contribution in [1.29, 1.82) is 0 Å². The van der Waals surface area contributed by atoms with E-state index < -0.39 is 10.4 Å². The molecular formula is C16H26O7S. The maximum Gasteiger partial charge on any atom is 0.397 e. The van der Waals surface area contributed by atoms with Crippen LogP contribution in [0.4, 0.5) is 0 Å². The van der Waals surface area contributed by atoms with Gasteiger partial charge in [0.25, 0.3) is 0 Å². The Balaban J connectivity index is 2.00. The molecule has 138 valence electrons. The Labute approximate surface area is 143 Å². The summed E-state index contributed by atoms with van der Waals surface area (Å²) >= 11 is 0. The van der Waals surface area contributed by atoms with Gasteiger partial charge in [0.2, 0.25) is 0 Å². The fourth-order valence-corrected chi connectivity index (χ4v) is 2.15. The van der Waals surface area contributed by atoms with Gasteiger partial charge in [-0.3, -0.25) is 4.55 Å². The fourth-order valence-electron chi connectivity index (χ4n) is 1.87. The molecule has 7 nitrogen and oxygen atoms in total. The molecular weight excluding hydrogens is 336 g/mol. The minimum atomic E-state index is -4.39. The first-order valence-electron chi connectivity index (χ1n) is 7.92. The summed E-state index contributed by atoms with van der Waals surface area (Å²) in [6.07, 6.45) is 1.11. The van der Waals surface area contributed by atoms with Crippen molar-refractivity contribution in [2.75, 3.05) is 39.6 Å². The maximum atomic E-state index is 10.3. The molecule has 0 aliphatic carbocycles. The Morgan fingerprint density at radius 1 is 0.958 bits per heavy atom. The Morgan fingerprint density at radius 3 is 2.04 bits per heavy atom. The predicted molar refractivity (Wildman–Crippen MR) is 89.8 cm³/mol. The molecule has 0 fully saturated rings. The molecule has 1 aromatic carbocycles. The average molecular weight is 362 g/mol. The highest BCUT2D eigenvalue weighted by molar-refractivity contribution is 7.80. The van der Waals surface area contributed by atoms with Gasteiger partial charge < -0.3 is 14.2 Å². The van der Waals surface area contributed by atoms with Gasteiger partial charge in [0, 0.05) is 0 Å². The molecule has 0 spiro atoms. The molecule has 1 N–H and O–H groups in total. The zero-order valence-electron chi connectivity index (χ0n) is 14.1. The Hall–Kier alpha value is -1.19. The van der Waals surface area contributed by atoms with E-state index in [1.807, 2.05) is 12.1 Å². The summed E-state index contributed by atoms with van der Waals surface area (Å²) in [5.41, 5.74) is 1.30. The second-order valence-electron chi connectivity index (χ2n) is 5.20. The highest BCUT2D eigenvalue weighted by atomic mass is 32.3. The van der Waals surface area contributed by atoms with Crippen molar-refractivity contribution in [3.63, 3.8) is 0 Å². The highest BCUT2D eigenvalue weighted by Crippen LogP contribution is 2.21. The smallest absolute Gasteiger partial charge is 0.397 e. The van der Waals surface area contributed by atoms with Crippen molar-refractivity contribution in [2.45, 2.75) is 26.2 Å². The van der Waals surface area contributed by atoms with Crippen molar-refractivity contribution < 1.29 is 31.4 Å². The van der Waals surface area contributed by atoms with E-state index in [1.54, 1.807) is 0 Å². The number of ether oxygens (including phenoxy) is 3. The highest BCUT2D eigenvalue weighted by Gasteiger charge is 2.03. The van der Waals surface area contributed by atoms with Crippen LogP contribution in [0.5, 0.6) is 5.75 Å². The number of benzene rings is 1. The summed E-state index contributed by atoms with van der Waals surface area (Å²) in [5.74, 6) is 1.36. The van der Waals surface area contributed by atoms with Crippen molar-refractivity contribution >= 4 is 10.4 Å². The van der Waals surface area contributed by atoms with Crippen LogP contribution < -0.4 is 4.74 Å². The summed E-state index contributed by atoms with van der Waals surface area (Å²) in [6, 6.07) is 8.07. The molecule has 0 bridgehead atoms. The van der Waals surface area contributed by atoms with Gasteiger partial charge in [0.1, 0.15) is 12.4 Å². The quantitative estimate of drug-likeness (QED) is 0.426. The SMILES string of the molecule is CCC(C)c1ccc(OCCOCCOCCOS(=O)(=O)O)cc1. The van der Waals surface area contributed by atoms with Crippen molar-refractivity contribution in [2.24, 2.45) is 0 Å². The van der Waals surface area contributed by atoms with Crippen LogP contribution in [0.15, 0.2) is 24.3 Å². The van der Waals surface area contributed by atoms with E-state index in [1.165, 1.54) is 5.56 Å². The van der Waals surface area contributed by atoms with Gasteiger partial charge in [-0.25, -0.2) is 4.18 Å². The number of rotatable bonds is 13. The molecule has 24 heavy (non-hydrogen) atoms. The van der Waals surface area contributed by atoms with Crippen LogP contribution in [0.3, 0.4) is 0 Å². The third-order valence-corrected chi connectivity index (χ3v) is 3.85. The number of hydrogen-bond acceptors (Lipinski definition) is 6. The molecule has 0 aliphatic heterocycles. The van der Waals surface area contributed by atoms with E-state index in [4.69, 9.17) is 18.8 Å². The fraction of sp³-hybridized carbons (Fsp3) is 0.625. The van der Waals surface area contributed by atoms with Crippen LogP contribution >= 0.6 is 0 Å². The third kappa shape index (κ3) is 9.84. The molecule has 0 aromatic heterocycles. The van der Waals surface area contributed by atoms with Crippen LogP contribution in [-0.4, -0.2) is 52.6 Å². The summed E-state index contributed by atoms with van der Waals surface area (Å²) in [4.78, 5) is 0. The van der Waals surface area contributed by atoms with Crippen LogP contribution in [0, 0.1) is 0 Å². The Morgan fingerprint density at radius 2 is 1.50 bits per heavy atom. The molecule has 1 unspecified atom stereocenters. The van der Waals surface area contributed by atoms with Gasteiger partial charge >= 0.3 is 10.4 Å². The zero-order valence-corrected chi connectivity index (χ0v) is 15.0. The maximum absolute atomic E-state index is 10.3. The minimum absolute atomic E-state index is 0.0577.